The molecule has 0 amide bonds. The van der Waals surface area contributed by atoms with Crippen LogP contribution in [-0.4, -0.2) is 27.5 Å². The van der Waals surface area contributed by atoms with Crippen molar-refractivity contribution in [2.45, 2.75) is 146 Å². The second kappa shape index (κ2) is 13.3. The average Bonchev–Trinajstić information content (AvgIpc) is 2.73. The van der Waals surface area contributed by atoms with Crippen molar-refractivity contribution < 1.29 is 14.9 Å². The van der Waals surface area contributed by atoms with Crippen molar-refractivity contribution in [2.75, 3.05) is 13.2 Å². The van der Waals surface area contributed by atoms with Gasteiger partial charge >= 0.3 is 0 Å². The van der Waals surface area contributed by atoms with E-state index in [0.29, 0.717) is 11.5 Å². The van der Waals surface area contributed by atoms with Crippen molar-refractivity contribution in [3.63, 3.8) is 0 Å². The quantitative estimate of drug-likeness (QED) is 0.259. The first kappa shape index (κ1) is 36.7. The molecule has 0 heterocycles. The van der Waals surface area contributed by atoms with E-state index in [-0.39, 0.29) is 25.7 Å². The van der Waals surface area contributed by atoms with Gasteiger partial charge in [0, 0.05) is 45.3 Å². The number of hydrogen-bond donors (Lipinski definition) is 2. The Balaban J connectivity index is 0.00000146. The minimum absolute atomic E-state index is 0.155. The molecule has 0 fully saturated rings. The van der Waals surface area contributed by atoms with E-state index in [4.69, 9.17) is 4.74 Å². The van der Waals surface area contributed by atoms with Crippen molar-refractivity contribution in [3.8, 4) is 11.5 Å². The fourth-order valence-electron chi connectivity index (χ4n) is 4.41. The highest BCUT2D eigenvalue weighted by atomic mass is 32.2. The molecule has 3 nitrogen and oxygen atoms in total. The Labute approximate surface area is 255 Å². The number of aromatic hydroxyl groups is 2. The normalized spacial score (nSPS) is 13.2. The van der Waals surface area contributed by atoms with Crippen LogP contribution < -0.4 is 0 Å². The summed E-state index contributed by atoms with van der Waals surface area (Å²) in [4.78, 5) is 2.34. The Kier molecular flexibility index (Phi) is 12.2. The van der Waals surface area contributed by atoms with E-state index in [1.165, 1.54) is 9.79 Å². The smallest absolute Gasteiger partial charge is 0.123 e. The van der Waals surface area contributed by atoms with E-state index in [2.05, 4.69) is 121 Å². The molecule has 0 saturated carbocycles. The SMILES string of the molecule is CC(C)(Sc1cc(C(C)(C)C)c(O)c(C(C)(C)C)c1)Sc1cc(C(C)(C)C)c(O)c(C(C)(C)C)c1.CCOCC. The van der Waals surface area contributed by atoms with Gasteiger partial charge in [-0.2, -0.15) is 0 Å². The van der Waals surface area contributed by atoms with Crippen molar-refractivity contribution in [2.24, 2.45) is 0 Å². The van der Waals surface area contributed by atoms with Crippen LogP contribution >= 0.6 is 23.5 Å². The fourth-order valence-corrected chi connectivity index (χ4v) is 7.00. The summed E-state index contributed by atoms with van der Waals surface area (Å²) in [5.74, 6) is 0.839. The van der Waals surface area contributed by atoms with Crippen LogP contribution in [0.1, 0.15) is 133 Å². The van der Waals surface area contributed by atoms with Gasteiger partial charge < -0.3 is 14.9 Å². The zero-order chi connectivity index (χ0) is 31.5. The summed E-state index contributed by atoms with van der Waals surface area (Å²) in [7, 11) is 0. The largest absolute Gasteiger partial charge is 0.507 e. The van der Waals surface area contributed by atoms with Gasteiger partial charge in [0.15, 0.2) is 0 Å². The molecule has 0 spiro atoms. The number of phenols is 2. The zero-order valence-electron chi connectivity index (χ0n) is 28.3. The summed E-state index contributed by atoms with van der Waals surface area (Å²) in [6.45, 7) is 36.0. The Bertz CT molecular complexity index is 964. The molecule has 0 saturated heterocycles. The Hall–Kier alpha value is -1.30. The molecule has 0 bridgehead atoms. The number of rotatable bonds is 6. The highest BCUT2D eigenvalue weighted by Crippen LogP contribution is 2.50. The van der Waals surface area contributed by atoms with Crippen LogP contribution in [0.15, 0.2) is 34.1 Å². The average molecular weight is 591 g/mol. The zero-order valence-corrected chi connectivity index (χ0v) is 30.0. The molecule has 0 aliphatic heterocycles. The number of benzene rings is 2. The van der Waals surface area contributed by atoms with Gasteiger partial charge in [0.1, 0.15) is 11.5 Å². The first-order chi connectivity index (χ1) is 17.8. The summed E-state index contributed by atoms with van der Waals surface area (Å²) >= 11 is 3.66. The third kappa shape index (κ3) is 10.5. The van der Waals surface area contributed by atoms with Crippen LogP contribution in [0.4, 0.5) is 0 Å². The molecule has 0 radical (unpaired) electrons. The predicted molar refractivity (Wildman–Crippen MR) is 179 cm³/mol. The summed E-state index contributed by atoms with van der Waals surface area (Å²) in [5.41, 5.74) is 3.34. The van der Waals surface area contributed by atoms with Gasteiger partial charge in [-0.05, 0) is 73.6 Å². The predicted octanol–water partition coefficient (Wildman–Crippen LogP) is 11.0. The van der Waals surface area contributed by atoms with E-state index in [1.54, 1.807) is 0 Å². The van der Waals surface area contributed by atoms with Crippen molar-refractivity contribution >= 4 is 23.5 Å². The maximum absolute atomic E-state index is 11.1. The first-order valence-electron chi connectivity index (χ1n) is 14.6. The molecule has 2 N–H and O–H groups in total. The van der Waals surface area contributed by atoms with Gasteiger partial charge in [0.2, 0.25) is 0 Å². The molecule has 2 rings (SSSR count). The lowest BCUT2D eigenvalue weighted by Gasteiger charge is -2.31. The minimum Gasteiger partial charge on any atom is -0.507 e. The maximum Gasteiger partial charge on any atom is 0.123 e. The van der Waals surface area contributed by atoms with E-state index < -0.39 is 0 Å². The molecular formula is C35H58O3S2. The van der Waals surface area contributed by atoms with Crippen LogP contribution in [0.25, 0.3) is 0 Å². The molecular weight excluding hydrogens is 533 g/mol. The van der Waals surface area contributed by atoms with Gasteiger partial charge in [-0.25, -0.2) is 0 Å². The van der Waals surface area contributed by atoms with Crippen LogP contribution in [0.5, 0.6) is 11.5 Å². The van der Waals surface area contributed by atoms with Gasteiger partial charge in [-0.3, -0.25) is 0 Å². The molecule has 0 aliphatic rings. The van der Waals surface area contributed by atoms with Gasteiger partial charge in [0.05, 0.1) is 4.08 Å². The molecule has 0 aliphatic carbocycles. The number of hydrogen-bond acceptors (Lipinski definition) is 5. The molecule has 0 atom stereocenters. The topological polar surface area (TPSA) is 49.7 Å². The van der Waals surface area contributed by atoms with Crippen molar-refractivity contribution in [1.82, 2.24) is 0 Å². The molecule has 0 unspecified atom stereocenters. The molecule has 5 heteroatoms. The summed E-state index contributed by atoms with van der Waals surface area (Å²) in [6, 6.07) is 8.65. The van der Waals surface area contributed by atoms with Gasteiger partial charge in [0.25, 0.3) is 0 Å². The van der Waals surface area contributed by atoms with E-state index >= 15 is 0 Å². The summed E-state index contributed by atoms with van der Waals surface area (Å²) < 4.78 is 4.67. The molecule has 0 aromatic heterocycles. The fraction of sp³-hybridized carbons (Fsp3) is 0.657. The maximum atomic E-state index is 11.1. The number of ether oxygens (including phenoxy) is 1. The number of phenolic OH excluding ortho intramolecular Hbond substituents is 2. The lowest BCUT2D eigenvalue weighted by atomic mass is 9.79. The molecule has 40 heavy (non-hydrogen) atoms. The van der Waals surface area contributed by atoms with E-state index in [1.807, 2.05) is 37.4 Å². The third-order valence-electron chi connectivity index (χ3n) is 6.53. The van der Waals surface area contributed by atoms with Gasteiger partial charge in [-0.1, -0.05) is 83.1 Å². The van der Waals surface area contributed by atoms with Crippen LogP contribution in [0.2, 0.25) is 0 Å². The van der Waals surface area contributed by atoms with E-state index in [0.717, 1.165) is 35.5 Å². The summed E-state index contributed by atoms with van der Waals surface area (Å²) in [5, 5.41) is 22.2. The molecule has 228 valence electrons. The Morgan fingerprint density at radius 2 is 0.725 bits per heavy atom. The standard InChI is InChI=1S/C31H48O2S2.C4H10O/c1-27(2,3)21-15-19(16-22(25(21)32)28(4,5)6)34-31(13,14)35-20-17-23(29(7,8)9)26(33)24(18-20)30(10,11)12;1-3-5-4-2/h15-18,32-33H,1-14H3;3-4H2,1-2H3. The first-order valence-corrected chi connectivity index (χ1v) is 16.2. The highest BCUT2D eigenvalue weighted by Gasteiger charge is 2.31. The highest BCUT2D eigenvalue weighted by molar-refractivity contribution is 8.18. The lowest BCUT2D eigenvalue weighted by Crippen LogP contribution is -2.19. The van der Waals surface area contributed by atoms with Crippen LogP contribution in [0, 0.1) is 0 Å². The lowest BCUT2D eigenvalue weighted by molar-refractivity contribution is 0.162. The monoisotopic (exact) mass is 590 g/mol. The van der Waals surface area contributed by atoms with Crippen molar-refractivity contribution in [3.05, 3.63) is 46.5 Å². The van der Waals surface area contributed by atoms with Crippen LogP contribution in [-0.2, 0) is 26.4 Å². The third-order valence-corrected chi connectivity index (χ3v) is 8.96. The number of thioether (sulfide) groups is 2. The van der Waals surface area contributed by atoms with Crippen LogP contribution in [0.3, 0.4) is 0 Å². The second-order valence-electron chi connectivity index (χ2n) is 15.1. The Morgan fingerprint density at radius 3 is 0.875 bits per heavy atom. The Morgan fingerprint density at radius 1 is 0.500 bits per heavy atom. The minimum atomic E-state index is -0.164. The second-order valence-corrected chi connectivity index (χ2v) is 18.8. The van der Waals surface area contributed by atoms with Gasteiger partial charge in [-0.15, -0.1) is 23.5 Å². The van der Waals surface area contributed by atoms with Crippen molar-refractivity contribution in [1.29, 1.82) is 0 Å². The summed E-state index contributed by atoms with van der Waals surface area (Å²) in [6.07, 6.45) is 0. The van der Waals surface area contributed by atoms with E-state index in [9.17, 15) is 10.2 Å². The molecule has 2 aromatic carbocycles. The molecule has 2 aromatic rings.